The molecule has 0 radical (unpaired) electrons. The highest BCUT2D eigenvalue weighted by Crippen LogP contribution is 2.41. The highest BCUT2D eigenvalue weighted by atomic mass is 32.2. The minimum absolute atomic E-state index is 0.132. The summed E-state index contributed by atoms with van der Waals surface area (Å²) in [6, 6.07) is 0. The number of ether oxygens (including phenoxy) is 1. The second kappa shape index (κ2) is 7.39. The molecule has 0 unspecified atom stereocenters. The summed E-state index contributed by atoms with van der Waals surface area (Å²) in [6.07, 6.45) is 0.907. The van der Waals surface area contributed by atoms with Gasteiger partial charge in [-0.1, -0.05) is 25.6 Å². The van der Waals surface area contributed by atoms with Crippen LogP contribution in [0, 0.1) is 0 Å². The number of hydrogen-bond acceptors (Lipinski definition) is 7. The van der Waals surface area contributed by atoms with E-state index in [4.69, 9.17) is 14.7 Å². The molecule has 25 heavy (non-hydrogen) atoms. The van der Waals surface area contributed by atoms with Crippen LogP contribution in [-0.2, 0) is 17.8 Å². The molecule has 7 heteroatoms. The molecule has 1 aliphatic heterocycles. The predicted molar refractivity (Wildman–Crippen MR) is 108 cm³/mol. The molecule has 0 fully saturated rings. The Morgan fingerprint density at radius 2 is 2.08 bits per heavy atom. The number of fused-ring (bicyclic) bond motifs is 3. The summed E-state index contributed by atoms with van der Waals surface area (Å²) in [5, 5.41) is 6.07. The summed E-state index contributed by atoms with van der Waals surface area (Å²) in [5.41, 5.74) is 1.23. The van der Waals surface area contributed by atoms with Crippen LogP contribution < -0.4 is 5.32 Å². The quantitative estimate of drug-likeness (QED) is 0.603. The third-order valence-corrected chi connectivity index (χ3v) is 6.07. The van der Waals surface area contributed by atoms with Gasteiger partial charge in [-0.15, -0.1) is 11.3 Å². The Kier molecular flexibility index (Phi) is 5.58. The zero-order valence-corrected chi connectivity index (χ0v) is 17.6. The highest BCUT2D eigenvalue weighted by molar-refractivity contribution is 7.99. The number of rotatable bonds is 6. The Bertz CT molecular complexity index is 755. The number of aromatic nitrogens is 2. The van der Waals surface area contributed by atoms with Gasteiger partial charge in [-0.3, -0.25) is 0 Å². The molecule has 0 amide bonds. The van der Waals surface area contributed by atoms with Crippen molar-refractivity contribution < 1.29 is 4.74 Å². The van der Waals surface area contributed by atoms with Gasteiger partial charge in [0.15, 0.2) is 5.16 Å². The Hall–Kier alpha value is -0.890. The van der Waals surface area contributed by atoms with E-state index in [0.29, 0.717) is 11.9 Å². The van der Waals surface area contributed by atoms with E-state index in [-0.39, 0.29) is 5.60 Å². The average molecular weight is 381 g/mol. The Balaban J connectivity index is 2.03. The third-order valence-electron chi connectivity index (χ3n) is 4.10. The Morgan fingerprint density at radius 3 is 2.76 bits per heavy atom. The molecule has 2 aromatic heterocycles. The first-order chi connectivity index (χ1) is 11.7. The highest BCUT2D eigenvalue weighted by Gasteiger charge is 2.31. The molecule has 0 bridgehead atoms. The summed E-state index contributed by atoms with van der Waals surface area (Å²) >= 11 is 3.47. The summed E-state index contributed by atoms with van der Waals surface area (Å²) in [7, 11) is 4.17. The van der Waals surface area contributed by atoms with E-state index in [2.05, 4.69) is 52.0 Å². The molecule has 0 aliphatic carbocycles. The molecule has 3 heterocycles. The van der Waals surface area contributed by atoms with E-state index in [0.717, 1.165) is 35.3 Å². The van der Waals surface area contributed by atoms with Gasteiger partial charge in [-0.2, -0.15) is 0 Å². The van der Waals surface area contributed by atoms with Crippen molar-refractivity contribution in [3.63, 3.8) is 0 Å². The van der Waals surface area contributed by atoms with Crippen LogP contribution in [0.1, 0.15) is 38.1 Å². The molecule has 2 aromatic rings. The molecule has 1 N–H and O–H groups in total. The van der Waals surface area contributed by atoms with Crippen LogP contribution in [0.2, 0.25) is 0 Å². The van der Waals surface area contributed by atoms with Crippen molar-refractivity contribution in [3.8, 4) is 0 Å². The van der Waals surface area contributed by atoms with Gasteiger partial charge in [0.05, 0.1) is 17.6 Å². The van der Waals surface area contributed by atoms with Gasteiger partial charge in [-0.25, -0.2) is 9.97 Å². The standard InChI is InChI=1S/C18H28N4OS2/c1-11(2)24-17-20-15(19-7-8-22(5)6)14-12-9-18(3,4)23-10-13(12)25-16(14)21-17/h11H,7-10H2,1-6H3,(H,19,20,21). The Labute approximate surface area is 158 Å². The number of nitrogens with one attached hydrogen (secondary N) is 1. The first kappa shape index (κ1) is 18.9. The van der Waals surface area contributed by atoms with Gasteiger partial charge in [0, 0.05) is 29.6 Å². The van der Waals surface area contributed by atoms with Crippen molar-refractivity contribution >= 4 is 39.1 Å². The first-order valence-electron chi connectivity index (χ1n) is 8.76. The maximum atomic E-state index is 6.00. The predicted octanol–water partition coefficient (Wildman–Crippen LogP) is 4.02. The SMILES string of the molecule is CC(C)Sc1nc(NCCN(C)C)c2c3c(sc2n1)COC(C)(C)C3. The molecular weight excluding hydrogens is 352 g/mol. The molecule has 0 aromatic carbocycles. The fourth-order valence-electron chi connectivity index (χ4n) is 2.91. The van der Waals surface area contributed by atoms with Crippen LogP contribution in [0.15, 0.2) is 5.16 Å². The van der Waals surface area contributed by atoms with E-state index in [1.54, 1.807) is 23.1 Å². The fraction of sp³-hybridized carbons (Fsp3) is 0.667. The fourth-order valence-corrected chi connectivity index (χ4v) is 4.78. The lowest BCUT2D eigenvalue weighted by molar-refractivity contribution is -0.0379. The van der Waals surface area contributed by atoms with Gasteiger partial charge in [-0.05, 0) is 33.5 Å². The molecule has 1 aliphatic rings. The van der Waals surface area contributed by atoms with Crippen molar-refractivity contribution in [2.24, 2.45) is 0 Å². The number of thioether (sulfide) groups is 1. The lowest BCUT2D eigenvalue weighted by atomic mass is 9.94. The summed E-state index contributed by atoms with van der Waals surface area (Å²) in [5.74, 6) is 0.977. The monoisotopic (exact) mass is 380 g/mol. The number of likely N-dealkylation sites (N-methyl/N-ethyl adjacent to an activating group) is 1. The molecular formula is C18H28N4OS2. The summed E-state index contributed by atoms with van der Waals surface area (Å²) in [6.45, 7) is 11.2. The lowest BCUT2D eigenvalue weighted by Gasteiger charge is -2.30. The smallest absolute Gasteiger partial charge is 0.191 e. The van der Waals surface area contributed by atoms with Crippen LogP contribution in [0.3, 0.4) is 0 Å². The van der Waals surface area contributed by atoms with Gasteiger partial charge >= 0.3 is 0 Å². The van der Waals surface area contributed by atoms with E-state index >= 15 is 0 Å². The molecule has 138 valence electrons. The number of thiophene rings is 1. The largest absolute Gasteiger partial charge is 0.370 e. The van der Waals surface area contributed by atoms with E-state index < -0.39 is 0 Å². The summed E-state index contributed by atoms with van der Waals surface area (Å²) in [4.78, 5) is 14.2. The van der Waals surface area contributed by atoms with E-state index in [1.807, 2.05) is 0 Å². The zero-order chi connectivity index (χ0) is 18.2. The zero-order valence-electron chi connectivity index (χ0n) is 16.0. The van der Waals surface area contributed by atoms with Crippen LogP contribution >= 0.6 is 23.1 Å². The van der Waals surface area contributed by atoms with Crippen LogP contribution in [-0.4, -0.2) is 52.9 Å². The van der Waals surface area contributed by atoms with Crippen molar-refractivity contribution in [1.82, 2.24) is 14.9 Å². The van der Waals surface area contributed by atoms with E-state index in [1.165, 1.54) is 15.8 Å². The molecule has 0 atom stereocenters. The molecule has 3 rings (SSSR count). The maximum absolute atomic E-state index is 6.00. The second-order valence-electron chi connectivity index (χ2n) is 7.66. The normalized spacial score (nSPS) is 16.6. The van der Waals surface area contributed by atoms with E-state index in [9.17, 15) is 0 Å². The molecule has 5 nitrogen and oxygen atoms in total. The lowest BCUT2D eigenvalue weighted by Crippen LogP contribution is -2.31. The number of anilines is 1. The Morgan fingerprint density at radius 1 is 1.32 bits per heavy atom. The minimum Gasteiger partial charge on any atom is -0.370 e. The molecule has 0 saturated carbocycles. The molecule has 0 saturated heterocycles. The van der Waals surface area contributed by atoms with Crippen LogP contribution in [0.25, 0.3) is 10.2 Å². The average Bonchev–Trinajstić information content (AvgIpc) is 2.82. The van der Waals surface area contributed by atoms with Crippen molar-refractivity contribution in [2.75, 3.05) is 32.5 Å². The van der Waals surface area contributed by atoms with Crippen molar-refractivity contribution in [3.05, 3.63) is 10.4 Å². The van der Waals surface area contributed by atoms with Gasteiger partial charge in [0.2, 0.25) is 0 Å². The van der Waals surface area contributed by atoms with Crippen LogP contribution in [0.5, 0.6) is 0 Å². The second-order valence-corrected chi connectivity index (χ2v) is 10.3. The third kappa shape index (κ3) is 4.45. The van der Waals surface area contributed by atoms with Crippen molar-refractivity contribution in [2.45, 2.75) is 56.7 Å². The summed E-state index contributed by atoms with van der Waals surface area (Å²) < 4.78 is 6.00. The van der Waals surface area contributed by atoms with Crippen molar-refractivity contribution in [1.29, 1.82) is 0 Å². The first-order valence-corrected chi connectivity index (χ1v) is 10.5. The number of nitrogens with zero attached hydrogens (tertiary/aromatic N) is 3. The number of hydrogen-bond donors (Lipinski definition) is 1. The van der Waals surface area contributed by atoms with Gasteiger partial charge in [0.25, 0.3) is 0 Å². The topological polar surface area (TPSA) is 50.3 Å². The maximum Gasteiger partial charge on any atom is 0.191 e. The molecule has 0 spiro atoms. The van der Waals surface area contributed by atoms with Gasteiger partial charge < -0.3 is 15.0 Å². The van der Waals surface area contributed by atoms with Gasteiger partial charge in [0.1, 0.15) is 10.6 Å². The van der Waals surface area contributed by atoms with Crippen LogP contribution in [0.4, 0.5) is 5.82 Å². The minimum atomic E-state index is -0.132.